The number of allylic oxidation sites excluding steroid dienone is 1. The van der Waals surface area contributed by atoms with E-state index >= 15 is 0 Å². The molecule has 1 saturated heterocycles. The van der Waals surface area contributed by atoms with Crippen molar-refractivity contribution in [3.8, 4) is 0 Å². The van der Waals surface area contributed by atoms with Gasteiger partial charge in [0, 0.05) is 12.8 Å². The van der Waals surface area contributed by atoms with Crippen LogP contribution in [-0.2, 0) is 37.4 Å². The first-order valence-electron chi connectivity index (χ1n) is 22.0. The van der Waals surface area contributed by atoms with Crippen molar-refractivity contribution in [2.24, 2.45) is 0 Å². The molecular formula is C43H83NO9P+. The van der Waals surface area contributed by atoms with Gasteiger partial charge in [-0.3, -0.25) is 18.6 Å². The number of nitrogens with zero attached hydrogens (tertiary/aromatic N) is 1. The molecule has 0 radical (unpaired) electrons. The van der Waals surface area contributed by atoms with E-state index in [1.165, 1.54) is 89.9 Å². The van der Waals surface area contributed by atoms with E-state index in [9.17, 15) is 19.0 Å². The zero-order valence-electron chi connectivity index (χ0n) is 35.4. The van der Waals surface area contributed by atoms with Crippen LogP contribution in [0.3, 0.4) is 0 Å². The standard InChI is InChI=1S/C43H82NO9P/c1-6-8-10-12-14-15-16-17-18-19-20-21-25-29-33-42(45)49-37-39(38-51-54(47,48)50-36-35-44(3,4)5)52-43(46)34-30-26-22-24-28-32-41-40(53-41)31-27-23-13-11-9-7-2/h23,27,39-41H,6-22,24-26,28-38H2,1-5H3/p+1/b27-23-/t39-,40?,41?/m1/s1. The van der Waals surface area contributed by atoms with Crippen LogP contribution in [0.25, 0.3) is 0 Å². The Hall–Kier alpha value is -1.29. The number of carbonyl (C=O) groups is 2. The van der Waals surface area contributed by atoms with Crippen LogP contribution in [-0.4, -0.2) is 87.1 Å². The second-order valence-electron chi connectivity index (χ2n) is 16.5. The smallest absolute Gasteiger partial charge is 0.462 e. The predicted molar refractivity (Wildman–Crippen MR) is 219 cm³/mol. The maximum Gasteiger partial charge on any atom is 0.472 e. The molecule has 11 heteroatoms. The Bertz CT molecular complexity index is 1000. The number of phosphoric ester groups is 1. The first-order chi connectivity index (χ1) is 26.0. The van der Waals surface area contributed by atoms with Crippen LogP contribution in [0.2, 0.25) is 0 Å². The normalized spacial score (nSPS) is 17.4. The third kappa shape index (κ3) is 32.9. The molecule has 1 N–H and O–H groups in total. The van der Waals surface area contributed by atoms with E-state index in [0.717, 1.165) is 64.2 Å². The highest BCUT2D eigenvalue weighted by atomic mass is 31.2. The Morgan fingerprint density at radius 3 is 1.76 bits per heavy atom. The number of unbranched alkanes of at least 4 members (excludes halogenated alkanes) is 20. The number of phosphoric acid groups is 1. The van der Waals surface area contributed by atoms with Gasteiger partial charge in [-0.2, -0.15) is 0 Å². The summed E-state index contributed by atoms with van der Waals surface area (Å²) in [5.74, 6) is -0.814. The minimum absolute atomic E-state index is 0.0285. The lowest BCUT2D eigenvalue weighted by atomic mass is 10.0. The molecular weight excluding hydrogens is 705 g/mol. The zero-order valence-corrected chi connectivity index (χ0v) is 36.3. The van der Waals surface area contributed by atoms with E-state index < -0.39 is 26.5 Å². The number of carbonyl (C=O) groups excluding carboxylic acids is 2. The van der Waals surface area contributed by atoms with Gasteiger partial charge in [0.1, 0.15) is 19.8 Å². The summed E-state index contributed by atoms with van der Waals surface area (Å²) in [5, 5.41) is 0. The van der Waals surface area contributed by atoms with Crippen molar-refractivity contribution < 1.29 is 46.8 Å². The van der Waals surface area contributed by atoms with Crippen molar-refractivity contribution in [1.82, 2.24) is 0 Å². The number of likely N-dealkylation sites (N-methyl/N-ethyl adjacent to an activating group) is 1. The van der Waals surface area contributed by atoms with Crippen LogP contribution in [0, 0.1) is 0 Å². The van der Waals surface area contributed by atoms with Gasteiger partial charge < -0.3 is 23.6 Å². The molecule has 1 heterocycles. The molecule has 0 bridgehead atoms. The molecule has 1 fully saturated rings. The van der Waals surface area contributed by atoms with Crippen LogP contribution in [0.5, 0.6) is 0 Å². The van der Waals surface area contributed by atoms with E-state index in [2.05, 4.69) is 26.0 Å². The average molecular weight is 789 g/mol. The number of ether oxygens (including phenoxy) is 3. The van der Waals surface area contributed by atoms with E-state index in [1.807, 2.05) is 21.1 Å². The van der Waals surface area contributed by atoms with E-state index in [-0.39, 0.29) is 32.0 Å². The second-order valence-corrected chi connectivity index (χ2v) is 17.9. The molecule has 0 aromatic heterocycles. The molecule has 4 atom stereocenters. The number of quaternary nitrogens is 1. The highest BCUT2D eigenvalue weighted by Crippen LogP contribution is 2.43. The highest BCUT2D eigenvalue weighted by molar-refractivity contribution is 7.47. The number of epoxide rings is 1. The van der Waals surface area contributed by atoms with Crippen molar-refractivity contribution >= 4 is 19.8 Å². The van der Waals surface area contributed by atoms with Crippen LogP contribution in [0.15, 0.2) is 12.2 Å². The maximum absolute atomic E-state index is 12.7. The summed E-state index contributed by atoms with van der Waals surface area (Å²) in [6.45, 7) is 4.38. The number of hydrogen-bond acceptors (Lipinski definition) is 8. The second kappa shape index (κ2) is 32.8. The fourth-order valence-corrected chi connectivity index (χ4v) is 7.12. The van der Waals surface area contributed by atoms with Gasteiger partial charge in [-0.15, -0.1) is 0 Å². The Balaban J connectivity index is 2.28. The predicted octanol–water partition coefficient (Wildman–Crippen LogP) is 11.2. The topological polar surface area (TPSA) is 121 Å². The summed E-state index contributed by atoms with van der Waals surface area (Å²) in [6.07, 6.45) is 34.1. The largest absolute Gasteiger partial charge is 0.472 e. The minimum atomic E-state index is -4.38. The Morgan fingerprint density at radius 1 is 0.667 bits per heavy atom. The molecule has 10 nitrogen and oxygen atoms in total. The maximum atomic E-state index is 12.7. The lowest BCUT2D eigenvalue weighted by Crippen LogP contribution is -2.37. The number of rotatable bonds is 39. The molecule has 1 aliphatic heterocycles. The van der Waals surface area contributed by atoms with Gasteiger partial charge in [0.15, 0.2) is 6.10 Å². The molecule has 54 heavy (non-hydrogen) atoms. The molecule has 0 aromatic carbocycles. The van der Waals surface area contributed by atoms with Gasteiger partial charge >= 0.3 is 19.8 Å². The summed E-state index contributed by atoms with van der Waals surface area (Å²) in [7, 11) is 1.46. The molecule has 0 spiro atoms. The molecule has 318 valence electrons. The van der Waals surface area contributed by atoms with Crippen molar-refractivity contribution in [2.75, 3.05) is 47.5 Å². The van der Waals surface area contributed by atoms with Gasteiger partial charge in [-0.25, -0.2) is 4.57 Å². The van der Waals surface area contributed by atoms with Gasteiger partial charge in [-0.05, 0) is 38.5 Å². The fraction of sp³-hybridized carbons (Fsp3) is 0.907. The van der Waals surface area contributed by atoms with Gasteiger partial charge in [0.25, 0.3) is 0 Å². The van der Waals surface area contributed by atoms with Crippen LogP contribution >= 0.6 is 7.82 Å². The molecule has 0 aromatic rings. The number of esters is 2. The molecule has 1 rings (SSSR count). The zero-order chi connectivity index (χ0) is 39.8. The summed E-state index contributed by atoms with van der Waals surface area (Å²) in [6, 6.07) is 0. The SMILES string of the molecule is CCCCC/C=C\CC1OC1CCCCCCCC(=O)O[C@H](COC(=O)CCCCCCCCCCCCCCCC)COP(=O)(O)OCC[N+](C)(C)C. The van der Waals surface area contributed by atoms with E-state index in [4.69, 9.17) is 23.3 Å². The summed E-state index contributed by atoms with van der Waals surface area (Å²) in [4.78, 5) is 35.4. The third-order valence-electron chi connectivity index (χ3n) is 9.97. The lowest BCUT2D eigenvalue weighted by Gasteiger charge is -2.24. The molecule has 1 aliphatic rings. The van der Waals surface area contributed by atoms with Crippen LogP contribution in [0.4, 0.5) is 0 Å². The van der Waals surface area contributed by atoms with Gasteiger partial charge in [-0.1, -0.05) is 148 Å². The Labute approximate surface area is 331 Å². The number of hydrogen-bond donors (Lipinski definition) is 1. The summed E-state index contributed by atoms with van der Waals surface area (Å²) < 4.78 is 40.1. The van der Waals surface area contributed by atoms with Gasteiger partial charge in [0.2, 0.25) is 0 Å². The van der Waals surface area contributed by atoms with Crippen LogP contribution < -0.4 is 0 Å². The van der Waals surface area contributed by atoms with Crippen molar-refractivity contribution in [3.05, 3.63) is 12.2 Å². The van der Waals surface area contributed by atoms with Crippen molar-refractivity contribution in [3.63, 3.8) is 0 Å². The monoisotopic (exact) mass is 789 g/mol. The molecule has 0 amide bonds. The minimum Gasteiger partial charge on any atom is -0.462 e. The van der Waals surface area contributed by atoms with Crippen molar-refractivity contribution in [1.29, 1.82) is 0 Å². The quantitative estimate of drug-likeness (QED) is 0.0162. The van der Waals surface area contributed by atoms with Gasteiger partial charge in [0.05, 0.1) is 40.0 Å². The molecule has 0 aliphatic carbocycles. The Kier molecular flexibility index (Phi) is 30.8. The molecule has 3 unspecified atom stereocenters. The van der Waals surface area contributed by atoms with Crippen molar-refractivity contribution in [2.45, 2.75) is 206 Å². The van der Waals surface area contributed by atoms with E-state index in [1.54, 1.807) is 0 Å². The van der Waals surface area contributed by atoms with E-state index in [0.29, 0.717) is 29.7 Å². The molecule has 0 saturated carbocycles. The van der Waals surface area contributed by atoms with Crippen LogP contribution in [0.1, 0.15) is 187 Å². The summed E-state index contributed by atoms with van der Waals surface area (Å²) in [5.41, 5.74) is 0. The first-order valence-corrected chi connectivity index (χ1v) is 23.5. The fourth-order valence-electron chi connectivity index (χ4n) is 6.37. The Morgan fingerprint density at radius 2 is 1.19 bits per heavy atom. The average Bonchev–Trinajstić information content (AvgIpc) is 3.87. The first kappa shape index (κ1) is 50.7. The third-order valence-corrected chi connectivity index (χ3v) is 11.0. The summed E-state index contributed by atoms with van der Waals surface area (Å²) >= 11 is 0. The lowest BCUT2D eigenvalue weighted by molar-refractivity contribution is -0.870. The highest BCUT2D eigenvalue weighted by Gasteiger charge is 2.36.